The molecule has 1 aliphatic heterocycles. The molecule has 1 atom stereocenters. The van der Waals surface area contributed by atoms with Crippen LogP contribution in [-0.4, -0.2) is 24.7 Å². The van der Waals surface area contributed by atoms with Crippen LogP contribution in [0.2, 0.25) is 0 Å². The fourth-order valence-electron chi connectivity index (χ4n) is 2.82. The average molecular weight is 260 g/mol. The molecule has 0 radical (unpaired) electrons. The minimum Gasteiger partial charge on any atom is -0.366 e. The molecule has 0 amide bonds. The van der Waals surface area contributed by atoms with Gasteiger partial charge in [0, 0.05) is 30.4 Å². The Kier molecular flexibility index (Phi) is 4.19. The molecule has 2 rings (SSSR count). The molecule has 1 N–H and O–H groups in total. The first kappa shape index (κ1) is 14.4. The van der Waals surface area contributed by atoms with Crippen LogP contribution in [-0.2, 0) is 6.42 Å². The molecule has 1 heterocycles. The SMILES string of the molecule is CC(C)C(CNC(C)(C)C)N1CCc2ccccc21. The van der Waals surface area contributed by atoms with E-state index in [2.05, 4.69) is 69.1 Å². The van der Waals surface area contributed by atoms with Gasteiger partial charge in [-0.15, -0.1) is 0 Å². The first-order valence-corrected chi connectivity index (χ1v) is 7.48. The van der Waals surface area contributed by atoms with Crippen LogP contribution >= 0.6 is 0 Å². The maximum Gasteiger partial charge on any atom is 0.0437 e. The number of fused-ring (bicyclic) bond motifs is 1. The number of nitrogens with zero attached hydrogens (tertiary/aromatic N) is 1. The summed E-state index contributed by atoms with van der Waals surface area (Å²) in [5.74, 6) is 0.654. The monoisotopic (exact) mass is 260 g/mol. The van der Waals surface area contributed by atoms with Gasteiger partial charge >= 0.3 is 0 Å². The molecule has 0 saturated carbocycles. The van der Waals surface area contributed by atoms with Crippen molar-refractivity contribution < 1.29 is 0 Å². The number of para-hydroxylation sites is 1. The highest BCUT2D eigenvalue weighted by molar-refractivity contribution is 5.58. The maximum atomic E-state index is 3.67. The Hall–Kier alpha value is -1.02. The van der Waals surface area contributed by atoms with Crippen molar-refractivity contribution in [3.8, 4) is 0 Å². The highest BCUT2D eigenvalue weighted by Crippen LogP contribution is 2.31. The molecule has 106 valence electrons. The highest BCUT2D eigenvalue weighted by Gasteiger charge is 2.28. The van der Waals surface area contributed by atoms with Crippen molar-refractivity contribution in [2.75, 3.05) is 18.0 Å². The van der Waals surface area contributed by atoms with Crippen LogP contribution in [0.1, 0.15) is 40.2 Å². The zero-order valence-electron chi connectivity index (χ0n) is 13.0. The van der Waals surface area contributed by atoms with Crippen LogP contribution in [0.3, 0.4) is 0 Å². The molecule has 2 heteroatoms. The minimum atomic E-state index is 0.187. The van der Waals surface area contributed by atoms with E-state index in [0.29, 0.717) is 12.0 Å². The smallest absolute Gasteiger partial charge is 0.0437 e. The van der Waals surface area contributed by atoms with Gasteiger partial charge in [0.25, 0.3) is 0 Å². The summed E-state index contributed by atoms with van der Waals surface area (Å²) in [6.07, 6.45) is 1.19. The number of benzene rings is 1. The Labute approximate surface area is 118 Å². The predicted octanol–water partition coefficient (Wildman–Crippen LogP) is 3.46. The predicted molar refractivity (Wildman–Crippen MR) is 83.9 cm³/mol. The Morgan fingerprint density at radius 3 is 2.53 bits per heavy atom. The van der Waals surface area contributed by atoms with Crippen LogP contribution in [0, 0.1) is 5.92 Å². The number of hydrogen-bond donors (Lipinski definition) is 1. The fourth-order valence-corrected chi connectivity index (χ4v) is 2.82. The van der Waals surface area contributed by atoms with E-state index < -0.39 is 0 Å². The third-order valence-electron chi connectivity index (χ3n) is 3.93. The second kappa shape index (κ2) is 5.54. The van der Waals surface area contributed by atoms with E-state index in [9.17, 15) is 0 Å². The zero-order chi connectivity index (χ0) is 14.0. The van der Waals surface area contributed by atoms with E-state index in [0.717, 1.165) is 13.1 Å². The third kappa shape index (κ3) is 3.50. The van der Waals surface area contributed by atoms with E-state index in [1.54, 1.807) is 0 Å². The summed E-state index contributed by atoms with van der Waals surface area (Å²) in [5.41, 5.74) is 3.13. The number of nitrogens with one attached hydrogen (secondary N) is 1. The number of hydrogen-bond acceptors (Lipinski definition) is 2. The molecule has 0 bridgehead atoms. The lowest BCUT2D eigenvalue weighted by molar-refractivity contribution is 0.360. The first-order chi connectivity index (χ1) is 8.88. The Balaban J connectivity index is 2.13. The molecule has 19 heavy (non-hydrogen) atoms. The molecule has 0 saturated heterocycles. The lowest BCUT2D eigenvalue weighted by Gasteiger charge is -2.36. The summed E-state index contributed by atoms with van der Waals surface area (Å²) < 4.78 is 0. The van der Waals surface area contributed by atoms with Crippen molar-refractivity contribution in [3.05, 3.63) is 29.8 Å². The Morgan fingerprint density at radius 2 is 1.89 bits per heavy atom. The van der Waals surface area contributed by atoms with Gasteiger partial charge < -0.3 is 10.2 Å². The summed E-state index contributed by atoms with van der Waals surface area (Å²) in [6, 6.07) is 9.42. The van der Waals surface area contributed by atoms with Gasteiger partial charge in [-0.3, -0.25) is 0 Å². The molecule has 2 nitrogen and oxygen atoms in total. The molecule has 1 aromatic carbocycles. The molecule has 1 aliphatic rings. The van der Waals surface area contributed by atoms with Crippen LogP contribution in [0.4, 0.5) is 5.69 Å². The molecule has 1 unspecified atom stereocenters. The molecular formula is C17H28N2. The molecule has 0 fully saturated rings. The second-order valence-electron chi connectivity index (χ2n) is 7.01. The molecule has 0 spiro atoms. The summed E-state index contributed by atoms with van der Waals surface area (Å²) in [7, 11) is 0. The summed E-state index contributed by atoms with van der Waals surface area (Å²) in [6.45, 7) is 13.6. The highest BCUT2D eigenvalue weighted by atomic mass is 15.2. The molecule has 0 aromatic heterocycles. The molecule has 0 aliphatic carbocycles. The van der Waals surface area contributed by atoms with Crippen molar-refractivity contribution >= 4 is 5.69 Å². The van der Waals surface area contributed by atoms with Crippen LogP contribution < -0.4 is 10.2 Å². The van der Waals surface area contributed by atoms with Crippen molar-refractivity contribution in [3.63, 3.8) is 0 Å². The normalized spacial score (nSPS) is 16.8. The lowest BCUT2D eigenvalue weighted by atomic mass is 10.00. The van der Waals surface area contributed by atoms with E-state index in [4.69, 9.17) is 0 Å². The lowest BCUT2D eigenvalue weighted by Crippen LogP contribution is -2.49. The van der Waals surface area contributed by atoms with Gasteiger partial charge in [-0.25, -0.2) is 0 Å². The Morgan fingerprint density at radius 1 is 1.21 bits per heavy atom. The van der Waals surface area contributed by atoms with Crippen LogP contribution in [0.25, 0.3) is 0 Å². The van der Waals surface area contributed by atoms with Crippen LogP contribution in [0.15, 0.2) is 24.3 Å². The Bertz CT molecular complexity index is 418. The molecule has 1 aromatic rings. The molecular weight excluding hydrogens is 232 g/mol. The quantitative estimate of drug-likeness (QED) is 0.892. The first-order valence-electron chi connectivity index (χ1n) is 7.48. The topological polar surface area (TPSA) is 15.3 Å². The average Bonchev–Trinajstić information content (AvgIpc) is 2.72. The summed E-state index contributed by atoms with van der Waals surface area (Å²) in [5, 5.41) is 3.67. The van der Waals surface area contributed by atoms with Crippen molar-refractivity contribution in [1.82, 2.24) is 5.32 Å². The van der Waals surface area contributed by atoms with Crippen molar-refractivity contribution in [2.45, 2.75) is 52.6 Å². The fraction of sp³-hybridized carbons (Fsp3) is 0.647. The second-order valence-corrected chi connectivity index (χ2v) is 7.01. The van der Waals surface area contributed by atoms with Gasteiger partial charge in [0.05, 0.1) is 0 Å². The third-order valence-corrected chi connectivity index (χ3v) is 3.93. The van der Waals surface area contributed by atoms with Crippen molar-refractivity contribution in [1.29, 1.82) is 0 Å². The van der Waals surface area contributed by atoms with E-state index in [1.807, 2.05) is 0 Å². The van der Waals surface area contributed by atoms with Gasteiger partial charge in [-0.05, 0) is 44.7 Å². The van der Waals surface area contributed by atoms with Crippen LogP contribution in [0.5, 0.6) is 0 Å². The number of anilines is 1. The standard InChI is InChI=1S/C17H28N2/c1-13(2)16(12-18-17(3,4)5)19-11-10-14-8-6-7-9-15(14)19/h6-9,13,16,18H,10-12H2,1-5H3. The van der Waals surface area contributed by atoms with Crippen molar-refractivity contribution in [2.24, 2.45) is 5.92 Å². The van der Waals surface area contributed by atoms with Gasteiger partial charge in [0.15, 0.2) is 0 Å². The largest absolute Gasteiger partial charge is 0.366 e. The summed E-state index contributed by atoms with van der Waals surface area (Å²) >= 11 is 0. The van der Waals surface area contributed by atoms with Gasteiger partial charge in [-0.2, -0.15) is 0 Å². The number of rotatable bonds is 4. The van der Waals surface area contributed by atoms with E-state index >= 15 is 0 Å². The maximum absolute atomic E-state index is 3.67. The zero-order valence-corrected chi connectivity index (χ0v) is 13.0. The summed E-state index contributed by atoms with van der Waals surface area (Å²) in [4.78, 5) is 2.60. The minimum absolute atomic E-state index is 0.187. The van der Waals surface area contributed by atoms with E-state index in [1.165, 1.54) is 17.7 Å². The van der Waals surface area contributed by atoms with Gasteiger partial charge in [0.1, 0.15) is 0 Å². The van der Waals surface area contributed by atoms with Gasteiger partial charge in [-0.1, -0.05) is 32.0 Å². The van der Waals surface area contributed by atoms with E-state index in [-0.39, 0.29) is 5.54 Å². The van der Waals surface area contributed by atoms with Gasteiger partial charge in [0.2, 0.25) is 0 Å².